The minimum absolute atomic E-state index is 0.00972. The number of aryl methyl sites for hydroxylation is 2. The first kappa shape index (κ1) is 13.7. The molecule has 3 nitrogen and oxygen atoms in total. The van der Waals surface area contributed by atoms with Gasteiger partial charge < -0.3 is 11.1 Å². The molecule has 0 fully saturated rings. The minimum Gasteiger partial charge on any atom is -0.348 e. The van der Waals surface area contributed by atoms with E-state index in [0.29, 0.717) is 6.54 Å². The third kappa shape index (κ3) is 3.56. The molecule has 1 amide bonds. The van der Waals surface area contributed by atoms with Crippen LogP contribution >= 0.6 is 0 Å². The molecule has 1 unspecified atom stereocenters. The molecule has 1 aromatic carbocycles. The average molecular weight is 234 g/mol. The fraction of sp³-hybridized carbons (Fsp3) is 0.500. The van der Waals surface area contributed by atoms with Gasteiger partial charge in [0.25, 0.3) is 5.91 Å². The zero-order valence-electron chi connectivity index (χ0n) is 10.9. The van der Waals surface area contributed by atoms with E-state index in [2.05, 4.69) is 12.2 Å². The lowest BCUT2D eigenvalue weighted by Gasteiger charge is -2.17. The van der Waals surface area contributed by atoms with Crippen LogP contribution in [0, 0.1) is 13.8 Å². The molecule has 0 radical (unpaired) electrons. The highest BCUT2D eigenvalue weighted by molar-refractivity contribution is 5.97. The number of carbonyl (C=O) groups is 1. The number of benzene rings is 1. The normalized spacial score (nSPS) is 12.2. The van der Waals surface area contributed by atoms with E-state index in [9.17, 15) is 4.79 Å². The van der Waals surface area contributed by atoms with Crippen molar-refractivity contribution in [3.8, 4) is 0 Å². The summed E-state index contributed by atoms with van der Waals surface area (Å²) in [5, 5.41) is 3.00. The maximum Gasteiger partial charge on any atom is 0.252 e. The van der Waals surface area contributed by atoms with Crippen molar-refractivity contribution in [2.45, 2.75) is 39.7 Å². The predicted octanol–water partition coefficient (Wildman–Crippen LogP) is 2.16. The Bertz CT molecular complexity index is 368. The highest BCUT2D eigenvalue weighted by Gasteiger charge is 2.15. The van der Waals surface area contributed by atoms with Crippen molar-refractivity contribution in [3.05, 3.63) is 34.9 Å². The van der Waals surface area contributed by atoms with E-state index in [1.54, 1.807) is 0 Å². The highest BCUT2D eigenvalue weighted by atomic mass is 16.1. The molecule has 0 saturated carbocycles. The van der Waals surface area contributed by atoms with Crippen LogP contribution in [0.2, 0.25) is 0 Å². The summed E-state index contributed by atoms with van der Waals surface area (Å²) in [5.41, 5.74) is 8.44. The Morgan fingerprint density at radius 3 is 2.41 bits per heavy atom. The van der Waals surface area contributed by atoms with Gasteiger partial charge in [-0.25, -0.2) is 0 Å². The molecule has 0 aliphatic rings. The topological polar surface area (TPSA) is 55.1 Å². The summed E-state index contributed by atoms with van der Waals surface area (Å²) in [4.78, 5) is 12.2. The van der Waals surface area contributed by atoms with Crippen molar-refractivity contribution in [2.24, 2.45) is 5.73 Å². The molecule has 0 saturated heterocycles. The first-order chi connectivity index (χ1) is 8.10. The minimum atomic E-state index is -0.00972. The van der Waals surface area contributed by atoms with Crippen LogP contribution in [0.15, 0.2) is 18.2 Å². The number of hydrogen-bond donors (Lipinski definition) is 2. The molecule has 3 heteroatoms. The average Bonchev–Trinajstić information content (AvgIpc) is 2.28. The van der Waals surface area contributed by atoms with Crippen molar-refractivity contribution in [3.63, 3.8) is 0 Å². The molecule has 0 bridgehead atoms. The molecule has 1 rings (SSSR count). The Morgan fingerprint density at radius 1 is 1.35 bits per heavy atom. The molecule has 0 heterocycles. The Kier molecular flexibility index (Phi) is 5.16. The van der Waals surface area contributed by atoms with Crippen molar-refractivity contribution < 1.29 is 4.79 Å². The van der Waals surface area contributed by atoms with Gasteiger partial charge in [0, 0.05) is 18.2 Å². The third-order valence-electron chi connectivity index (χ3n) is 2.97. The van der Waals surface area contributed by atoms with E-state index < -0.39 is 0 Å². The summed E-state index contributed by atoms with van der Waals surface area (Å²) >= 11 is 0. The number of rotatable bonds is 5. The molecule has 94 valence electrons. The van der Waals surface area contributed by atoms with Crippen molar-refractivity contribution in [1.29, 1.82) is 0 Å². The quantitative estimate of drug-likeness (QED) is 0.820. The zero-order valence-corrected chi connectivity index (χ0v) is 10.9. The van der Waals surface area contributed by atoms with Gasteiger partial charge in [-0.05, 0) is 31.4 Å². The van der Waals surface area contributed by atoms with Gasteiger partial charge >= 0.3 is 0 Å². The van der Waals surface area contributed by atoms with E-state index in [4.69, 9.17) is 5.73 Å². The molecule has 0 spiro atoms. The molecule has 17 heavy (non-hydrogen) atoms. The van der Waals surface area contributed by atoms with Gasteiger partial charge in [-0.3, -0.25) is 4.79 Å². The summed E-state index contributed by atoms with van der Waals surface area (Å²) in [6.07, 6.45) is 1.95. The smallest absolute Gasteiger partial charge is 0.252 e. The molecule has 1 aromatic rings. The first-order valence-electron chi connectivity index (χ1n) is 6.17. The second-order valence-corrected chi connectivity index (χ2v) is 4.46. The lowest BCUT2D eigenvalue weighted by Crippen LogP contribution is -2.40. The van der Waals surface area contributed by atoms with Crippen LogP contribution in [-0.4, -0.2) is 18.5 Å². The SMILES string of the molecule is CCCC(CN)NC(=O)c1c(C)cccc1C. The Labute approximate surface area is 103 Å². The van der Waals surface area contributed by atoms with Gasteiger partial charge in [-0.1, -0.05) is 31.5 Å². The number of nitrogens with one attached hydrogen (secondary N) is 1. The number of amides is 1. The molecular weight excluding hydrogens is 212 g/mol. The number of hydrogen-bond acceptors (Lipinski definition) is 2. The molecule has 0 aliphatic carbocycles. The standard InChI is InChI=1S/C14H22N2O/c1-4-6-12(9-15)16-14(17)13-10(2)7-5-8-11(13)3/h5,7-8,12H,4,6,9,15H2,1-3H3,(H,16,17). The summed E-state index contributed by atoms with van der Waals surface area (Å²) in [6, 6.07) is 5.96. The van der Waals surface area contributed by atoms with Gasteiger partial charge in [0.15, 0.2) is 0 Å². The van der Waals surface area contributed by atoms with E-state index in [-0.39, 0.29) is 11.9 Å². The van der Waals surface area contributed by atoms with E-state index in [1.165, 1.54) is 0 Å². The van der Waals surface area contributed by atoms with Crippen LogP contribution in [0.3, 0.4) is 0 Å². The number of nitrogens with two attached hydrogens (primary N) is 1. The van der Waals surface area contributed by atoms with Gasteiger partial charge in [-0.15, -0.1) is 0 Å². The van der Waals surface area contributed by atoms with E-state index in [0.717, 1.165) is 29.5 Å². The second-order valence-electron chi connectivity index (χ2n) is 4.46. The van der Waals surface area contributed by atoms with Crippen LogP contribution < -0.4 is 11.1 Å². The Balaban J connectivity index is 2.82. The lowest BCUT2D eigenvalue weighted by atomic mass is 10.0. The molecular formula is C14H22N2O. The molecule has 0 aliphatic heterocycles. The van der Waals surface area contributed by atoms with Crippen LogP contribution in [-0.2, 0) is 0 Å². The van der Waals surface area contributed by atoms with Crippen LogP contribution in [0.25, 0.3) is 0 Å². The predicted molar refractivity (Wildman–Crippen MR) is 71.1 cm³/mol. The maximum absolute atomic E-state index is 12.2. The van der Waals surface area contributed by atoms with Crippen molar-refractivity contribution in [2.75, 3.05) is 6.54 Å². The van der Waals surface area contributed by atoms with Gasteiger partial charge in [-0.2, -0.15) is 0 Å². The van der Waals surface area contributed by atoms with E-state index in [1.807, 2.05) is 32.0 Å². The number of carbonyl (C=O) groups excluding carboxylic acids is 1. The van der Waals surface area contributed by atoms with Gasteiger partial charge in [0.1, 0.15) is 0 Å². The largest absolute Gasteiger partial charge is 0.348 e. The van der Waals surface area contributed by atoms with Gasteiger partial charge in [0.2, 0.25) is 0 Å². The summed E-state index contributed by atoms with van der Waals surface area (Å²) in [6.45, 7) is 6.50. The van der Waals surface area contributed by atoms with Crippen molar-refractivity contribution >= 4 is 5.91 Å². The summed E-state index contributed by atoms with van der Waals surface area (Å²) < 4.78 is 0. The second kappa shape index (κ2) is 6.40. The molecule has 0 aromatic heterocycles. The van der Waals surface area contributed by atoms with Gasteiger partial charge in [0.05, 0.1) is 0 Å². The van der Waals surface area contributed by atoms with Crippen LogP contribution in [0.4, 0.5) is 0 Å². The molecule has 1 atom stereocenters. The zero-order chi connectivity index (χ0) is 12.8. The monoisotopic (exact) mass is 234 g/mol. The van der Waals surface area contributed by atoms with E-state index >= 15 is 0 Å². The Morgan fingerprint density at radius 2 is 1.94 bits per heavy atom. The lowest BCUT2D eigenvalue weighted by molar-refractivity contribution is 0.0935. The van der Waals surface area contributed by atoms with Crippen molar-refractivity contribution in [1.82, 2.24) is 5.32 Å². The third-order valence-corrected chi connectivity index (χ3v) is 2.97. The fourth-order valence-electron chi connectivity index (χ4n) is 2.03. The first-order valence-corrected chi connectivity index (χ1v) is 6.17. The summed E-state index contributed by atoms with van der Waals surface area (Å²) in [5.74, 6) is -0.00972. The van der Waals surface area contributed by atoms with Crippen LogP contribution in [0.1, 0.15) is 41.3 Å². The highest BCUT2D eigenvalue weighted by Crippen LogP contribution is 2.13. The fourth-order valence-corrected chi connectivity index (χ4v) is 2.03. The summed E-state index contributed by atoms with van der Waals surface area (Å²) in [7, 11) is 0. The maximum atomic E-state index is 12.2. The van der Waals surface area contributed by atoms with Crippen LogP contribution in [0.5, 0.6) is 0 Å². The molecule has 3 N–H and O–H groups in total. The Hall–Kier alpha value is -1.35.